The number of ketones is 1. The molecule has 0 radical (unpaired) electrons. The third kappa shape index (κ3) is 2.88. The summed E-state index contributed by atoms with van der Waals surface area (Å²) in [7, 11) is 1.58. The van der Waals surface area contributed by atoms with Crippen LogP contribution in [0.25, 0.3) is 0 Å². The van der Waals surface area contributed by atoms with Crippen LogP contribution in [0.15, 0.2) is 24.3 Å². The summed E-state index contributed by atoms with van der Waals surface area (Å²) in [4.78, 5) is 13.4. The molecule has 0 saturated carbocycles. The van der Waals surface area contributed by atoms with Gasteiger partial charge < -0.3 is 0 Å². The summed E-state index contributed by atoms with van der Waals surface area (Å²) in [5.41, 5.74) is 0.642. The molecule has 0 amide bonds. The zero-order valence-electron chi connectivity index (χ0n) is 7.69. The van der Waals surface area contributed by atoms with Crippen molar-refractivity contribution >= 4 is 20.7 Å². The third-order valence-corrected chi connectivity index (χ3v) is 2.80. The first kappa shape index (κ1) is 10.8. The van der Waals surface area contributed by atoms with Gasteiger partial charge in [-0.15, -0.1) is 0 Å². The summed E-state index contributed by atoms with van der Waals surface area (Å²) in [6.45, 7) is 0. The van der Waals surface area contributed by atoms with Crippen LogP contribution in [0.2, 0.25) is 5.32 Å². The van der Waals surface area contributed by atoms with Gasteiger partial charge in [0.15, 0.2) is 0 Å². The fourth-order valence-corrected chi connectivity index (χ4v) is 1.72. The van der Waals surface area contributed by atoms with Gasteiger partial charge in [-0.1, -0.05) is 0 Å². The SMILES string of the molecule is COc1ccc(C(=O)C[Se]C#N)cc1. The number of Topliss-reactive ketones (excluding diaryl/α,β-unsaturated/α-hetero) is 1. The Morgan fingerprint density at radius 1 is 1.50 bits per heavy atom. The van der Waals surface area contributed by atoms with Crippen LogP contribution >= 0.6 is 0 Å². The van der Waals surface area contributed by atoms with E-state index in [2.05, 4.69) is 0 Å². The molecule has 0 spiro atoms. The fourth-order valence-electron chi connectivity index (χ4n) is 0.958. The molecule has 0 saturated heterocycles. The van der Waals surface area contributed by atoms with Crippen molar-refractivity contribution < 1.29 is 9.53 Å². The van der Waals surface area contributed by atoms with Gasteiger partial charge in [0.25, 0.3) is 0 Å². The van der Waals surface area contributed by atoms with Crippen LogP contribution in [0.1, 0.15) is 10.4 Å². The summed E-state index contributed by atoms with van der Waals surface area (Å²) >= 11 is -0.239. The average Bonchev–Trinajstić information content (AvgIpc) is 2.26. The molecule has 0 aromatic heterocycles. The Morgan fingerprint density at radius 3 is 2.64 bits per heavy atom. The van der Waals surface area contributed by atoms with Crippen molar-refractivity contribution in [3.05, 3.63) is 29.8 Å². The van der Waals surface area contributed by atoms with Crippen molar-refractivity contribution in [2.45, 2.75) is 5.32 Å². The molecule has 0 unspecified atom stereocenters. The van der Waals surface area contributed by atoms with E-state index in [1.165, 1.54) is 0 Å². The van der Waals surface area contributed by atoms with Crippen molar-refractivity contribution in [2.24, 2.45) is 0 Å². The van der Waals surface area contributed by atoms with Crippen molar-refractivity contribution in [1.29, 1.82) is 5.26 Å². The Kier molecular flexibility index (Phi) is 4.18. The van der Waals surface area contributed by atoms with E-state index in [1.54, 1.807) is 31.4 Å². The second-order valence-electron chi connectivity index (χ2n) is 2.53. The first-order valence-electron chi connectivity index (χ1n) is 3.96. The van der Waals surface area contributed by atoms with E-state index < -0.39 is 0 Å². The normalized spacial score (nSPS) is 9.14. The number of rotatable bonds is 4. The van der Waals surface area contributed by atoms with Gasteiger partial charge >= 0.3 is 88.5 Å². The second-order valence-corrected chi connectivity index (χ2v) is 4.13. The van der Waals surface area contributed by atoms with E-state index in [1.807, 2.05) is 4.97 Å². The van der Waals surface area contributed by atoms with Crippen LogP contribution < -0.4 is 4.74 Å². The summed E-state index contributed by atoms with van der Waals surface area (Å²) in [6.07, 6.45) is 0. The van der Waals surface area contributed by atoms with Crippen LogP contribution in [0.5, 0.6) is 5.75 Å². The molecule has 72 valence electrons. The number of ether oxygens (including phenoxy) is 1. The molecule has 0 bridgehead atoms. The molecular weight excluding hydrogens is 245 g/mol. The van der Waals surface area contributed by atoms with Crippen LogP contribution in [-0.2, 0) is 0 Å². The number of carbonyl (C=O) groups is 1. The number of hydrogen-bond donors (Lipinski definition) is 0. The van der Waals surface area contributed by atoms with Gasteiger partial charge in [0.1, 0.15) is 0 Å². The minimum absolute atomic E-state index is 0.0224. The molecule has 0 N–H and O–H groups in total. The molecule has 0 aliphatic carbocycles. The standard InChI is InChI=1S/C10H9NO2Se/c1-13-9-4-2-8(3-5-9)10(12)6-14-7-11/h2-5H,6H2,1H3. The van der Waals surface area contributed by atoms with E-state index in [4.69, 9.17) is 10.00 Å². The number of carbonyl (C=O) groups excluding carboxylic acids is 1. The van der Waals surface area contributed by atoms with Crippen molar-refractivity contribution in [1.82, 2.24) is 0 Å². The van der Waals surface area contributed by atoms with Crippen molar-refractivity contribution in [3.8, 4) is 10.7 Å². The van der Waals surface area contributed by atoms with Gasteiger partial charge in [-0.05, 0) is 0 Å². The van der Waals surface area contributed by atoms with Crippen molar-refractivity contribution in [2.75, 3.05) is 7.11 Å². The molecule has 4 heteroatoms. The van der Waals surface area contributed by atoms with Crippen molar-refractivity contribution in [3.63, 3.8) is 0 Å². The Morgan fingerprint density at radius 2 is 2.14 bits per heavy atom. The fraction of sp³-hybridized carbons (Fsp3) is 0.200. The van der Waals surface area contributed by atoms with Crippen LogP contribution in [-0.4, -0.2) is 27.8 Å². The van der Waals surface area contributed by atoms with Gasteiger partial charge in [-0.3, -0.25) is 0 Å². The number of hydrogen-bond acceptors (Lipinski definition) is 3. The number of nitriles is 1. The Labute approximate surface area is 88.8 Å². The first-order chi connectivity index (χ1) is 6.77. The number of nitrogens with zero attached hydrogens (tertiary/aromatic N) is 1. The third-order valence-electron chi connectivity index (χ3n) is 1.68. The van der Waals surface area contributed by atoms with E-state index in [-0.39, 0.29) is 20.7 Å². The Hall–Kier alpha value is -1.30. The van der Waals surface area contributed by atoms with E-state index in [0.717, 1.165) is 5.75 Å². The second kappa shape index (κ2) is 5.43. The predicted molar refractivity (Wildman–Crippen MR) is 53.5 cm³/mol. The summed E-state index contributed by atoms with van der Waals surface area (Å²) < 4.78 is 4.97. The zero-order chi connectivity index (χ0) is 10.4. The molecular formula is C10H9NO2Se. The van der Waals surface area contributed by atoms with Crippen LogP contribution in [0.3, 0.4) is 0 Å². The molecule has 0 aliphatic rings. The molecule has 0 heterocycles. The predicted octanol–water partition coefficient (Wildman–Crippen LogP) is 1.48. The zero-order valence-corrected chi connectivity index (χ0v) is 9.40. The average molecular weight is 254 g/mol. The Bertz CT molecular complexity index is 353. The molecule has 1 aromatic rings. The number of benzene rings is 1. The quantitative estimate of drug-likeness (QED) is 0.604. The molecule has 1 rings (SSSR count). The number of methoxy groups -OCH3 is 1. The molecule has 0 aliphatic heterocycles. The van der Waals surface area contributed by atoms with Crippen LogP contribution in [0.4, 0.5) is 0 Å². The summed E-state index contributed by atoms with van der Waals surface area (Å²) in [5.74, 6) is 0.751. The van der Waals surface area contributed by atoms with E-state index >= 15 is 0 Å². The van der Waals surface area contributed by atoms with Gasteiger partial charge in [0.2, 0.25) is 0 Å². The van der Waals surface area contributed by atoms with Gasteiger partial charge in [0.05, 0.1) is 0 Å². The minimum atomic E-state index is -0.239. The molecule has 14 heavy (non-hydrogen) atoms. The monoisotopic (exact) mass is 255 g/mol. The molecule has 3 nitrogen and oxygen atoms in total. The van der Waals surface area contributed by atoms with Gasteiger partial charge in [-0.2, -0.15) is 0 Å². The maximum absolute atomic E-state index is 11.4. The summed E-state index contributed by atoms with van der Waals surface area (Å²) in [5, 5.41) is 8.69. The molecule has 0 fully saturated rings. The van der Waals surface area contributed by atoms with Crippen LogP contribution in [0, 0.1) is 10.2 Å². The van der Waals surface area contributed by atoms with Gasteiger partial charge in [-0.25, -0.2) is 0 Å². The van der Waals surface area contributed by atoms with E-state index in [9.17, 15) is 4.79 Å². The van der Waals surface area contributed by atoms with E-state index in [0.29, 0.717) is 10.9 Å². The van der Waals surface area contributed by atoms with Gasteiger partial charge in [0, 0.05) is 0 Å². The first-order valence-corrected chi connectivity index (χ1v) is 6.03. The molecule has 1 aromatic carbocycles. The molecule has 0 atom stereocenters. The summed E-state index contributed by atoms with van der Waals surface area (Å²) in [6, 6.07) is 6.92. The topological polar surface area (TPSA) is 50.1 Å². The maximum atomic E-state index is 11.4. The Balaban J connectivity index is 2.67.